The molecule has 0 bridgehead atoms. The summed E-state index contributed by atoms with van der Waals surface area (Å²) in [6, 6.07) is 15.1. The molecule has 1 amide bonds. The van der Waals surface area contributed by atoms with Crippen LogP contribution in [0, 0.1) is 6.92 Å². The number of fused-ring (bicyclic) bond motifs is 1. The average Bonchev–Trinajstić information content (AvgIpc) is 2.53. The predicted octanol–water partition coefficient (Wildman–Crippen LogP) is 2.96. The van der Waals surface area contributed by atoms with Gasteiger partial charge in [-0.15, -0.1) is 0 Å². The van der Waals surface area contributed by atoms with E-state index in [9.17, 15) is 4.79 Å². The number of amides is 1. The van der Waals surface area contributed by atoms with Gasteiger partial charge in [0.2, 0.25) is 5.88 Å². The first kappa shape index (κ1) is 14.0. The van der Waals surface area contributed by atoms with Crippen molar-refractivity contribution < 1.29 is 9.53 Å². The Morgan fingerprint density at radius 1 is 1.14 bits per heavy atom. The maximum absolute atomic E-state index is 12.0. The average molecular weight is 293 g/mol. The Kier molecular flexibility index (Phi) is 3.96. The Bertz CT molecular complexity index is 812. The number of ether oxygens (including phenoxy) is 1. The fraction of sp³-hybridized carbons (Fsp3) is 0.118. The lowest BCUT2D eigenvalue weighted by Crippen LogP contribution is -2.20. The number of nitrogens with zero attached hydrogens (tertiary/aromatic N) is 2. The number of aryl methyl sites for hydroxylation is 1. The highest BCUT2D eigenvalue weighted by Gasteiger charge is 2.08. The van der Waals surface area contributed by atoms with Gasteiger partial charge in [-0.1, -0.05) is 24.3 Å². The van der Waals surface area contributed by atoms with Gasteiger partial charge in [-0.25, -0.2) is 9.97 Å². The van der Waals surface area contributed by atoms with Crippen LogP contribution in [0.2, 0.25) is 0 Å². The molecular weight excluding hydrogens is 278 g/mol. The fourth-order valence-electron chi connectivity index (χ4n) is 2.15. The summed E-state index contributed by atoms with van der Waals surface area (Å²) >= 11 is 0. The molecule has 1 N–H and O–H groups in total. The maximum atomic E-state index is 12.0. The Morgan fingerprint density at radius 2 is 2.00 bits per heavy atom. The molecule has 22 heavy (non-hydrogen) atoms. The van der Waals surface area contributed by atoms with Gasteiger partial charge in [-0.05, 0) is 36.8 Å². The van der Waals surface area contributed by atoms with Crippen molar-refractivity contribution in [2.75, 3.05) is 11.9 Å². The number of aromatic nitrogens is 2. The van der Waals surface area contributed by atoms with Crippen LogP contribution in [0.1, 0.15) is 5.56 Å². The van der Waals surface area contributed by atoms with Crippen molar-refractivity contribution in [3.8, 4) is 5.88 Å². The van der Waals surface area contributed by atoms with Crippen molar-refractivity contribution in [1.29, 1.82) is 0 Å². The summed E-state index contributed by atoms with van der Waals surface area (Å²) in [5.74, 6) is 0.179. The van der Waals surface area contributed by atoms with E-state index in [0.29, 0.717) is 5.88 Å². The van der Waals surface area contributed by atoms with E-state index in [0.717, 1.165) is 22.2 Å². The van der Waals surface area contributed by atoms with E-state index < -0.39 is 0 Å². The highest BCUT2D eigenvalue weighted by molar-refractivity contribution is 5.92. The van der Waals surface area contributed by atoms with Crippen LogP contribution in [0.4, 0.5) is 5.69 Å². The molecule has 3 rings (SSSR count). The van der Waals surface area contributed by atoms with Gasteiger partial charge in [-0.3, -0.25) is 4.79 Å². The third-order valence-corrected chi connectivity index (χ3v) is 3.15. The topological polar surface area (TPSA) is 64.1 Å². The molecule has 2 aromatic carbocycles. The molecular formula is C17H15N3O2. The van der Waals surface area contributed by atoms with Crippen LogP contribution in [0.15, 0.2) is 54.9 Å². The number of carbonyl (C=O) groups is 1. The quantitative estimate of drug-likeness (QED) is 0.803. The van der Waals surface area contributed by atoms with Crippen LogP contribution in [0.5, 0.6) is 5.88 Å². The third kappa shape index (κ3) is 3.20. The Balaban J connectivity index is 1.68. The summed E-state index contributed by atoms with van der Waals surface area (Å²) in [6.07, 6.45) is 1.43. The van der Waals surface area contributed by atoms with Crippen LogP contribution >= 0.6 is 0 Å². The lowest BCUT2D eigenvalue weighted by Gasteiger charge is -2.08. The van der Waals surface area contributed by atoms with E-state index >= 15 is 0 Å². The van der Waals surface area contributed by atoms with E-state index in [1.54, 1.807) is 0 Å². The summed E-state index contributed by atoms with van der Waals surface area (Å²) in [7, 11) is 0. The highest BCUT2D eigenvalue weighted by Crippen LogP contribution is 2.20. The number of benzene rings is 2. The van der Waals surface area contributed by atoms with Crippen molar-refractivity contribution in [3.63, 3.8) is 0 Å². The molecule has 0 fully saturated rings. The van der Waals surface area contributed by atoms with Crippen molar-refractivity contribution >= 4 is 22.5 Å². The number of carbonyl (C=O) groups excluding carboxylic acids is 1. The highest BCUT2D eigenvalue weighted by atomic mass is 16.5. The molecule has 5 nitrogen and oxygen atoms in total. The summed E-state index contributed by atoms with van der Waals surface area (Å²) in [6.45, 7) is 1.87. The summed E-state index contributed by atoms with van der Waals surface area (Å²) in [5, 5.41) is 3.58. The van der Waals surface area contributed by atoms with E-state index in [2.05, 4.69) is 15.3 Å². The van der Waals surface area contributed by atoms with E-state index in [1.807, 2.05) is 55.5 Å². The molecule has 1 aromatic heterocycles. The van der Waals surface area contributed by atoms with Crippen LogP contribution in [-0.2, 0) is 4.79 Å². The molecule has 3 aromatic rings. The number of para-hydroxylation sites is 1. The van der Waals surface area contributed by atoms with Gasteiger partial charge in [0.15, 0.2) is 6.61 Å². The van der Waals surface area contributed by atoms with Gasteiger partial charge in [-0.2, -0.15) is 0 Å². The van der Waals surface area contributed by atoms with Crippen molar-refractivity contribution in [2.45, 2.75) is 6.92 Å². The monoisotopic (exact) mass is 293 g/mol. The van der Waals surface area contributed by atoms with Gasteiger partial charge in [0.25, 0.3) is 5.91 Å². The van der Waals surface area contributed by atoms with Crippen molar-refractivity contribution in [1.82, 2.24) is 9.97 Å². The van der Waals surface area contributed by atoms with E-state index in [-0.39, 0.29) is 12.5 Å². The first-order valence-corrected chi connectivity index (χ1v) is 6.91. The minimum atomic E-state index is -0.228. The molecule has 0 saturated heterocycles. The largest absolute Gasteiger partial charge is 0.467 e. The first-order chi connectivity index (χ1) is 10.7. The maximum Gasteiger partial charge on any atom is 0.262 e. The molecule has 0 aliphatic heterocycles. The SMILES string of the molecule is Cc1cccc(NC(=O)COc2ncnc3ccccc23)c1. The number of hydrogen-bond acceptors (Lipinski definition) is 4. The van der Waals surface area contributed by atoms with Gasteiger partial charge in [0.05, 0.1) is 10.9 Å². The molecule has 0 spiro atoms. The van der Waals surface area contributed by atoms with Gasteiger partial charge < -0.3 is 10.1 Å². The number of hydrogen-bond donors (Lipinski definition) is 1. The Labute approximate surface area is 128 Å². The summed E-state index contributed by atoms with van der Waals surface area (Å²) in [4.78, 5) is 20.2. The minimum absolute atomic E-state index is 0.102. The first-order valence-electron chi connectivity index (χ1n) is 6.91. The Hall–Kier alpha value is -2.95. The number of rotatable bonds is 4. The molecule has 0 radical (unpaired) electrons. The fourth-order valence-corrected chi connectivity index (χ4v) is 2.15. The van der Waals surface area contributed by atoms with E-state index in [4.69, 9.17) is 4.74 Å². The second-order valence-corrected chi connectivity index (χ2v) is 4.90. The minimum Gasteiger partial charge on any atom is -0.467 e. The molecule has 0 unspecified atom stereocenters. The smallest absolute Gasteiger partial charge is 0.262 e. The molecule has 0 saturated carbocycles. The van der Waals surface area contributed by atoms with Gasteiger partial charge in [0.1, 0.15) is 6.33 Å². The molecule has 0 aliphatic rings. The lowest BCUT2D eigenvalue weighted by atomic mass is 10.2. The van der Waals surface area contributed by atoms with Gasteiger partial charge >= 0.3 is 0 Å². The predicted molar refractivity (Wildman–Crippen MR) is 84.8 cm³/mol. The zero-order valence-corrected chi connectivity index (χ0v) is 12.1. The normalized spacial score (nSPS) is 10.4. The number of nitrogens with one attached hydrogen (secondary N) is 1. The molecule has 0 aliphatic carbocycles. The summed E-state index contributed by atoms with van der Waals surface area (Å²) < 4.78 is 5.52. The van der Waals surface area contributed by atoms with Crippen LogP contribution in [0.3, 0.4) is 0 Å². The standard InChI is InChI=1S/C17H15N3O2/c1-12-5-4-6-13(9-12)20-16(21)10-22-17-14-7-2-3-8-15(14)18-11-19-17/h2-9,11H,10H2,1H3,(H,20,21). The van der Waals surface area contributed by atoms with Crippen molar-refractivity contribution in [2.24, 2.45) is 0 Å². The van der Waals surface area contributed by atoms with E-state index in [1.165, 1.54) is 6.33 Å². The Morgan fingerprint density at radius 3 is 2.86 bits per heavy atom. The number of anilines is 1. The van der Waals surface area contributed by atoms with Crippen LogP contribution in [0.25, 0.3) is 10.9 Å². The zero-order chi connectivity index (χ0) is 15.4. The summed E-state index contributed by atoms with van der Waals surface area (Å²) in [5.41, 5.74) is 2.62. The third-order valence-electron chi connectivity index (χ3n) is 3.15. The molecule has 0 atom stereocenters. The molecule has 110 valence electrons. The zero-order valence-electron chi connectivity index (χ0n) is 12.1. The molecule has 1 heterocycles. The lowest BCUT2D eigenvalue weighted by molar-refractivity contribution is -0.118. The molecule has 5 heteroatoms. The van der Waals surface area contributed by atoms with Crippen molar-refractivity contribution in [3.05, 3.63) is 60.4 Å². The van der Waals surface area contributed by atoms with Crippen LogP contribution in [-0.4, -0.2) is 22.5 Å². The van der Waals surface area contributed by atoms with Gasteiger partial charge in [0, 0.05) is 5.69 Å². The van der Waals surface area contributed by atoms with Crippen LogP contribution < -0.4 is 10.1 Å². The second kappa shape index (κ2) is 6.22. The second-order valence-electron chi connectivity index (χ2n) is 4.90.